The first-order valence-corrected chi connectivity index (χ1v) is 4.24. The average molecular weight is 237 g/mol. The van der Waals surface area contributed by atoms with Gasteiger partial charge in [0.15, 0.2) is 0 Å². The van der Waals surface area contributed by atoms with E-state index in [2.05, 4.69) is 4.98 Å². The second-order valence-corrected chi connectivity index (χ2v) is 3.14. The third-order valence-corrected chi connectivity index (χ3v) is 2.12. The second-order valence-electron chi connectivity index (χ2n) is 2.76. The molecule has 4 nitrogen and oxygen atoms in total. The van der Waals surface area contributed by atoms with Gasteiger partial charge in [-0.3, -0.25) is 9.78 Å². The molecular weight excluding hydrogens is 230 g/mol. The lowest BCUT2D eigenvalue weighted by Gasteiger charge is -2.09. The Morgan fingerprint density at radius 2 is 2.27 bits per heavy atom. The summed E-state index contributed by atoms with van der Waals surface area (Å²) in [4.78, 5) is 14.0. The maximum Gasteiger partial charge on any atom is 0.309 e. The molecule has 0 bridgehead atoms. The first kappa shape index (κ1) is 11.6. The van der Waals surface area contributed by atoms with E-state index in [0.717, 1.165) is 6.20 Å². The summed E-state index contributed by atoms with van der Waals surface area (Å²) < 4.78 is 24.9. The Labute approximate surface area is 88.7 Å². The summed E-state index contributed by atoms with van der Waals surface area (Å²) in [5.41, 5.74) is 4.32. The number of nitrogen functional groups attached to an aromatic ring is 1. The summed E-state index contributed by atoms with van der Waals surface area (Å²) in [5, 5.41) is 8.09. The van der Waals surface area contributed by atoms with Crippen LogP contribution in [0.1, 0.15) is 17.7 Å². The molecule has 0 amide bonds. The standard InChI is InChI=1S/C8H7ClF2N2O2/c9-7-4(1-5(14)15)13-2-3(12)6(7)8(10)11/h2,8H,1,12H2,(H,14,15). The molecule has 0 fully saturated rings. The van der Waals surface area contributed by atoms with Crippen molar-refractivity contribution in [1.82, 2.24) is 4.98 Å². The lowest BCUT2D eigenvalue weighted by Crippen LogP contribution is -2.07. The summed E-state index contributed by atoms with van der Waals surface area (Å²) in [6.45, 7) is 0. The number of hydrogen-bond acceptors (Lipinski definition) is 3. The number of alkyl halides is 2. The Hall–Kier alpha value is -1.43. The predicted molar refractivity (Wildman–Crippen MR) is 50.0 cm³/mol. The molecule has 0 aliphatic rings. The van der Waals surface area contributed by atoms with Crippen molar-refractivity contribution in [3.8, 4) is 0 Å². The molecule has 1 rings (SSSR count). The van der Waals surface area contributed by atoms with Gasteiger partial charge in [-0.15, -0.1) is 0 Å². The number of anilines is 1. The van der Waals surface area contributed by atoms with Gasteiger partial charge in [-0.2, -0.15) is 0 Å². The van der Waals surface area contributed by atoms with Gasteiger partial charge in [0.2, 0.25) is 0 Å². The summed E-state index contributed by atoms with van der Waals surface area (Å²) >= 11 is 5.57. The van der Waals surface area contributed by atoms with E-state index in [0.29, 0.717) is 0 Å². The molecule has 1 heterocycles. The third-order valence-electron chi connectivity index (χ3n) is 1.70. The monoisotopic (exact) mass is 236 g/mol. The van der Waals surface area contributed by atoms with E-state index in [-0.39, 0.29) is 16.4 Å². The van der Waals surface area contributed by atoms with Gasteiger partial charge in [0.05, 0.1) is 34.6 Å². The number of carboxylic acids is 1. The van der Waals surface area contributed by atoms with Crippen LogP contribution < -0.4 is 5.73 Å². The van der Waals surface area contributed by atoms with Crippen LogP contribution in [-0.2, 0) is 11.2 Å². The van der Waals surface area contributed by atoms with Crippen LogP contribution in [0.5, 0.6) is 0 Å². The molecule has 15 heavy (non-hydrogen) atoms. The van der Waals surface area contributed by atoms with Crippen LogP contribution in [0.4, 0.5) is 14.5 Å². The molecule has 1 aromatic rings. The van der Waals surface area contributed by atoms with E-state index < -0.39 is 24.4 Å². The van der Waals surface area contributed by atoms with Crippen LogP contribution in [0, 0.1) is 0 Å². The molecule has 0 unspecified atom stereocenters. The maximum absolute atomic E-state index is 12.5. The highest BCUT2D eigenvalue weighted by molar-refractivity contribution is 6.32. The number of aromatic nitrogens is 1. The van der Waals surface area contributed by atoms with E-state index in [1.165, 1.54) is 0 Å². The van der Waals surface area contributed by atoms with Crippen LogP contribution in [0.2, 0.25) is 5.02 Å². The molecule has 0 saturated heterocycles. The topological polar surface area (TPSA) is 76.2 Å². The SMILES string of the molecule is Nc1cnc(CC(=O)O)c(Cl)c1C(F)F. The number of rotatable bonds is 3. The number of carboxylic acid groups (broad SMARTS) is 1. The molecule has 0 radical (unpaired) electrons. The zero-order chi connectivity index (χ0) is 11.6. The number of aliphatic carboxylic acids is 1. The number of hydrogen-bond donors (Lipinski definition) is 2. The minimum atomic E-state index is -2.85. The van der Waals surface area contributed by atoms with Gasteiger partial charge in [0.1, 0.15) is 0 Å². The van der Waals surface area contributed by atoms with Gasteiger partial charge >= 0.3 is 5.97 Å². The van der Waals surface area contributed by atoms with Crippen LogP contribution >= 0.6 is 11.6 Å². The van der Waals surface area contributed by atoms with Crippen molar-refractivity contribution < 1.29 is 18.7 Å². The largest absolute Gasteiger partial charge is 0.481 e. The van der Waals surface area contributed by atoms with Crippen LogP contribution in [0.25, 0.3) is 0 Å². The van der Waals surface area contributed by atoms with Gasteiger partial charge in [-0.05, 0) is 0 Å². The average Bonchev–Trinajstić information content (AvgIpc) is 2.09. The van der Waals surface area contributed by atoms with Crippen molar-refractivity contribution >= 4 is 23.3 Å². The van der Waals surface area contributed by atoms with E-state index in [4.69, 9.17) is 22.4 Å². The Bertz CT molecular complexity index is 398. The fourth-order valence-electron chi connectivity index (χ4n) is 1.04. The van der Waals surface area contributed by atoms with E-state index in [1.54, 1.807) is 0 Å². The molecule has 3 N–H and O–H groups in total. The summed E-state index contributed by atoms with van der Waals surface area (Å²) in [6.07, 6.45) is -2.39. The van der Waals surface area contributed by atoms with Crippen molar-refractivity contribution in [3.63, 3.8) is 0 Å². The quantitative estimate of drug-likeness (QED) is 0.840. The van der Waals surface area contributed by atoms with E-state index in [9.17, 15) is 13.6 Å². The summed E-state index contributed by atoms with van der Waals surface area (Å²) in [7, 11) is 0. The van der Waals surface area contributed by atoms with E-state index >= 15 is 0 Å². The number of pyridine rings is 1. The molecule has 0 spiro atoms. The number of carbonyl (C=O) groups is 1. The maximum atomic E-state index is 12.5. The van der Waals surface area contributed by atoms with Crippen molar-refractivity contribution in [2.24, 2.45) is 0 Å². The molecule has 82 valence electrons. The van der Waals surface area contributed by atoms with Crippen LogP contribution in [-0.4, -0.2) is 16.1 Å². The molecule has 0 aliphatic carbocycles. The lowest BCUT2D eigenvalue weighted by molar-refractivity contribution is -0.136. The number of halogens is 3. The minimum Gasteiger partial charge on any atom is -0.481 e. The van der Waals surface area contributed by atoms with Gasteiger partial charge in [0, 0.05) is 0 Å². The van der Waals surface area contributed by atoms with Crippen molar-refractivity contribution in [3.05, 3.63) is 22.5 Å². The Morgan fingerprint density at radius 1 is 1.67 bits per heavy atom. The highest BCUT2D eigenvalue weighted by Crippen LogP contribution is 2.33. The van der Waals surface area contributed by atoms with Crippen LogP contribution in [0.3, 0.4) is 0 Å². The molecule has 0 saturated carbocycles. The summed E-state index contributed by atoms with van der Waals surface area (Å²) in [6, 6.07) is 0. The molecular formula is C8H7ClF2N2O2. The highest BCUT2D eigenvalue weighted by Gasteiger charge is 2.20. The van der Waals surface area contributed by atoms with Crippen molar-refractivity contribution in [2.75, 3.05) is 5.73 Å². The Kier molecular flexibility index (Phi) is 3.41. The molecule has 0 aromatic carbocycles. The van der Waals surface area contributed by atoms with Gasteiger partial charge in [-0.1, -0.05) is 11.6 Å². The molecule has 1 aromatic heterocycles. The normalized spacial score (nSPS) is 10.7. The zero-order valence-corrected chi connectivity index (χ0v) is 8.13. The number of nitrogens with two attached hydrogens (primary N) is 1. The van der Waals surface area contributed by atoms with Gasteiger partial charge < -0.3 is 10.8 Å². The first-order chi connectivity index (χ1) is 6.93. The van der Waals surface area contributed by atoms with Crippen LogP contribution in [0.15, 0.2) is 6.20 Å². The molecule has 0 atom stereocenters. The Balaban J connectivity index is 3.22. The third kappa shape index (κ3) is 2.53. The minimum absolute atomic E-state index is 0.117. The second kappa shape index (κ2) is 4.39. The Morgan fingerprint density at radius 3 is 2.73 bits per heavy atom. The van der Waals surface area contributed by atoms with Crippen molar-refractivity contribution in [2.45, 2.75) is 12.8 Å². The number of nitrogens with zero attached hydrogens (tertiary/aromatic N) is 1. The lowest BCUT2D eigenvalue weighted by atomic mass is 10.1. The molecule has 0 aliphatic heterocycles. The van der Waals surface area contributed by atoms with Gasteiger partial charge in [-0.25, -0.2) is 8.78 Å². The fraction of sp³-hybridized carbons (Fsp3) is 0.250. The highest BCUT2D eigenvalue weighted by atomic mass is 35.5. The predicted octanol–water partition coefficient (Wildman–Crippen LogP) is 1.88. The summed E-state index contributed by atoms with van der Waals surface area (Å²) in [5.74, 6) is -1.20. The first-order valence-electron chi connectivity index (χ1n) is 3.86. The smallest absolute Gasteiger partial charge is 0.309 e. The zero-order valence-electron chi connectivity index (χ0n) is 7.38. The molecule has 7 heteroatoms. The van der Waals surface area contributed by atoms with Crippen molar-refractivity contribution in [1.29, 1.82) is 0 Å². The van der Waals surface area contributed by atoms with E-state index in [1.807, 2.05) is 0 Å². The fourth-order valence-corrected chi connectivity index (χ4v) is 1.35. The van der Waals surface area contributed by atoms with Gasteiger partial charge in [0.25, 0.3) is 6.43 Å².